The van der Waals surface area contributed by atoms with Crippen molar-refractivity contribution in [2.45, 2.75) is 38.9 Å². The van der Waals surface area contributed by atoms with Crippen LogP contribution < -0.4 is 0 Å². The summed E-state index contributed by atoms with van der Waals surface area (Å²) in [6.45, 7) is 6.03. The predicted octanol–water partition coefficient (Wildman–Crippen LogP) is 1.81. The van der Waals surface area contributed by atoms with Crippen molar-refractivity contribution in [2.24, 2.45) is 0 Å². The van der Waals surface area contributed by atoms with Crippen LogP contribution in [0.25, 0.3) is 0 Å². The lowest BCUT2D eigenvalue weighted by Crippen LogP contribution is -2.29. The molecule has 20 heavy (non-hydrogen) atoms. The largest absolute Gasteiger partial charge is 0.520 e. The molecular weight excluding hydrogens is 280 g/mol. The highest BCUT2D eigenvalue weighted by Crippen LogP contribution is 2.06. The second kappa shape index (κ2) is 9.30. The second-order valence-electron chi connectivity index (χ2n) is 5.07. The number of rotatable bonds is 8. The van der Waals surface area contributed by atoms with Crippen molar-refractivity contribution >= 4 is 26.2 Å². The number of methoxy groups -OCH3 is 1. The van der Waals surface area contributed by atoms with E-state index in [-0.39, 0.29) is 12.6 Å². The van der Waals surface area contributed by atoms with Crippen LogP contribution in [0.2, 0.25) is 19.6 Å². The first-order valence-corrected chi connectivity index (χ1v) is 9.80. The summed E-state index contributed by atoms with van der Waals surface area (Å²) in [7, 11) is -0.600. The molecule has 0 unspecified atom stereocenters. The lowest BCUT2D eigenvalue weighted by atomic mass is 10.2. The number of hydrogen-bond donors (Lipinski definition) is 0. The van der Waals surface area contributed by atoms with Crippen molar-refractivity contribution in [1.82, 2.24) is 0 Å². The smallest absolute Gasteiger partial charge is 0.331 e. The number of unbranched alkanes of at least 4 members (excludes halogenated alkanes) is 1. The van der Waals surface area contributed by atoms with Crippen LogP contribution in [0.4, 0.5) is 0 Å². The Morgan fingerprint density at radius 2 is 1.60 bits per heavy atom. The highest BCUT2D eigenvalue weighted by Gasteiger charge is 2.19. The molecule has 0 heterocycles. The van der Waals surface area contributed by atoms with Gasteiger partial charge < -0.3 is 13.9 Å². The number of ether oxygens (including phenoxy) is 2. The van der Waals surface area contributed by atoms with E-state index >= 15 is 0 Å². The normalized spacial score (nSPS) is 11.2. The molecule has 0 amide bonds. The molecule has 0 saturated heterocycles. The van der Waals surface area contributed by atoms with Gasteiger partial charge in [0.15, 0.2) is 0 Å². The molecule has 0 bridgehead atoms. The molecule has 114 valence electrons. The molecule has 0 rings (SSSR count). The molecule has 0 saturated carbocycles. The highest BCUT2D eigenvalue weighted by atomic mass is 28.4. The molecule has 0 aromatic heterocycles. The van der Waals surface area contributed by atoms with Gasteiger partial charge in [-0.05, 0) is 32.5 Å². The quantitative estimate of drug-likeness (QED) is 0.294. The maximum atomic E-state index is 11.4. The lowest BCUT2D eigenvalue weighted by molar-refractivity contribution is -0.139. The van der Waals surface area contributed by atoms with Crippen LogP contribution in [0.15, 0.2) is 12.2 Å². The van der Waals surface area contributed by atoms with Crippen molar-refractivity contribution in [3.8, 4) is 0 Å². The Kier molecular flexibility index (Phi) is 8.54. The van der Waals surface area contributed by atoms with Crippen molar-refractivity contribution < 1.29 is 28.3 Å². The third-order valence-electron chi connectivity index (χ3n) is 2.00. The number of carbonyl (C=O) groups is 3. The van der Waals surface area contributed by atoms with Crippen LogP contribution in [0.3, 0.4) is 0 Å². The van der Waals surface area contributed by atoms with E-state index in [0.717, 1.165) is 12.2 Å². The zero-order valence-corrected chi connectivity index (χ0v) is 13.4. The molecule has 0 aliphatic heterocycles. The first-order valence-electron chi connectivity index (χ1n) is 6.39. The molecule has 0 atom stereocenters. The maximum absolute atomic E-state index is 11.4. The van der Waals surface area contributed by atoms with E-state index in [1.807, 2.05) is 19.6 Å². The third-order valence-corrected chi connectivity index (χ3v) is 2.84. The van der Waals surface area contributed by atoms with Gasteiger partial charge in [-0.25, -0.2) is 9.59 Å². The minimum Gasteiger partial charge on any atom is -0.520 e. The number of hydrogen-bond acceptors (Lipinski definition) is 6. The fraction of sp³-hybridized carbons (Fsp3) is 0.615. The zero-order valence-electron chi connectivity index (χ0n) is 12.4. The van der Waals surface area contributed by atoms with Gasteiger partial charge in [0, 0.05) is 18.6 Å². The Balaban J connectivity index is 3.67. The average Bonchev–Trinajstić information content (AvgIpc) is 2.33. The summed E-state index contributed by atoms with van der Waals surface area (Å²) in [5, 5.41) is 0. The molecule has 0 fully saturated rings. The van der Waals surface area contributed by atoms with Gasteiger partial charge >= 0.3 is 11.9 Å². The van der Waals surface area contributed by atoms with E-state index in [1.54, 1.807) is 0 Å². The molecule has 7 heteroatoms. The molecule has 0 aromatic carbocycles. The molecule has 0 aliphatic rings. The lowest BCUT2D eigenvalue weighted by Gasteiger charge is -2.17. The van der Waals surface area contributed by atoms with E-state index in [4.69, 9.17) is 9.16 Å². The van der Waals surface area contributed by atoms with Crippen LogP contribution in [-0.2, 0) is 28.3 Å². The number of esters is 2. The Hall–Kier alpha value is -1.63. The van der Waals surface area contributed by atoms with E-state index in [2.05, 4.69) is 4.74 Å². The Morgan fingerprint density at radius 1 is 1.00 bits per heavy atom. The van der Waals surface area contributed by atoms with Crippen molar-refractivity contribution in [2.75, 3.05) is 13.7 Å². The number of carbonyl (C=O) groups excluding carboxylic acids is 3. The Morgan fingerprint density at radius 3 is 2.15 bits per heavy atom. The zero-order chi connectivity index (χ0) is 15.6. The Bertz CT molecular complexity index is 370. The Labute approximate surface area is 120 Å². The topological polar surface area (TPSA) is 78.9 Å². The summed E-state index contributed by atoms with van der Waals surface area (Å²) in [4.78, 5) is 33.3. The first-order chi connectivity index (χ1) is 9.24. The van der Waals surface area contributed by atoms with Crippen LogP contribution in [0.5, 0.6) is 0 Å². The minimum absolute atomic E-state index is 0.199. The maximum Gasteiger partial charge on any atom is 0.331 e. The van der Waals surface area contributed by atoms with Gasteiger partial charge in [0.25, 0.3) is 5.97 Å². The summed E-state index contributed by atoms with van der Waals surface area (Å²) in [6.07, 6.45) is 3.48. The summed E-state index contributed by atoms with van der Waals surface area (Å²) < 4.78 is 14.4. The molecule has 0 spiro atoms. The van der Waals surface area contributed by atoms with Gasteiger partial charge in [-0.2, -0.15) is 0 Å². The van der Waals surface area contributed by atoms with Crippen molar-refractivity contribution in [1.29, 1.82) is 0 Å². The average molecular weight is 302 g/mol. The van der Waals surface area contributed by atoms with Crippen LogP contribution in [-0.4, -0.2) is 39.9 Å². The summed E-state index contributed by atoms with van der Waals surface area (Å²) >= 11 is 0. The predicted molar refractivity (Wildman–Crippen MR) is 75.4 cm³/mol. The second-order valence-corrected chi connectivity index (χ2v) is 9.50. The summed E-state index contributed by atoms with van der Waals surface area (Å²) in [5.74, 6) is -1.43. The first kappa shape index (κ1) is 18.4. The monoisotopic (exact) mass is 302 g/mol. The van der Waals surface area contributed by atoms with Gasteiger partial charge in [-0.15, -0.1) is 0 Å². The fourth-order valence-corrected chi connectivity index (χ4v) is 1.97. The van der Waals surface area contributed by atoms with Crippen molar-refractivity contribution in [3.63, 3.8) is 0 Å². The summed E-state index contributed by atoms with van der Waals surface area (Å²) in [6, 6.07) is 0. The molecule has 0 aromatic rings. The van der Waals surface area contributed by atoms with Crippen LogP contribution in [0, 0.1) is 0 Å². The van der Waals surface area contributed by atoms with Crippen LogP contribution in [0.1, 0.15) is 19.3 Å². The fourth-order valence-electron chi connectivity index (χ4n) is 1.19. The van der Waals surface area contributed by atoms with E-state index in [0.29, 0.717) is 19.3 Å². The molecule has 0 N–H and O–H groups in total. The van der Waals surface area contributed by atoms with Crippen LogP contribution >= 0.6 is 0 Å². The van der Waals surface area contributed by atoms with Gasteiger partial charge in [-0.3, -0.25) is 4.79 Å². The van der Waals surface area contributed by atoms with Gasteiger partial charge in [0.2, 0.25) is 8.32 Å². The molecule has 0 aliphatic carbocycles. The molecular formula is C13H22O6Si. The molecule has 6 nitrogen and oxygen atoms in total. The highest BCUT2D eigenvalue weighted by molar-refractivity contribution is 6.71. The molecule has 0 radical (unpaired) electrons. The van der Waals surface area contributed by atoms with Gasteiger partial charge in [0.1, 0.15) is 0 Å². The van der Waals surface area contributed by atoms with Gasteiger partial charge in [0.05, 0.1) is 13.7 Å². The van der Waals surface area contributed by atoms with Crippen molar-refractivity contribution in [3.05, 3.63) is 12.2 Å². The van der Waals surface area contributed by atoms with E-state index in [9.17, 15) is 14.4 Å². The van der Waals surface area contributed by atoms with E-state index < -0.39 is 20.3 Å². The minimum atomic E-state index is -1.82. The summed E-state index contributed by atoms with van der Waals surface area (Å²) in [5.41, 5.74) is 0. The third kappa shape index (κ3) is 11.5. The van der Waals surface area contributed by atoms with E-state index in [1.165, 1.54) is 7.11 Å². The van der Waals surface area contributed by atoms with Gasteiger partial charge in [-0.1, -0.05) is 0 Å². The SMILES string of the molecule is COC(=O)/C=C\C(=O)OCCCCC(=O)O[Si](C)(C)C. The standard InChI is InChI=1S/C13H22O6Si/c1-17-11(14)8-9-12(15)18-10-6-5-7-13(16)19-20(2,3)4/h8-9H,5-7,10H2,1-4H3/b9-8-.